The van der Waals surface area contributed by atoms with E-state index in [0.29, 0.717) is 0 Å². The summed E-state index contributed by atoms with van der Waals surface area (Å²) in [6, 6.07) is 10.2. The van der Waals surface area contributed by atoms with Crippen molar-refractivity contribution < 1.29 is 0 Å². The summed E-state index contributed by atoms with van der Waals surface area (Å²) in [5.41, 5.74) is 9.65. The smallest absolute Gasteiger partial charge is 0.124 e. The second-order valence-electron chi connectivity index (χ2n) is 6.33. The molecule has 3 heteroatoms. The zero-order chi connectivity index (χ0) is 14.0. The van der Waals surface area contributed by atoms with Crippen molar-refractivity contribution in [1.29, 1.82) is 0 Å². The molecule has 0 aliphatic rings. The third-order valence-electron chi connectivity index (χ3n) is 3.13. The Morgan fingerprint density at radius 1 is 1.21 bits per heavy atom. The number of nitrogens with two attached hydrogens (primary N) is 1. The largest absolute Gasteiger partial charge is 0.344 e. The summed E-state index contributed by atoms with van der Waals surface area (Å²) in [5.74, 6) is 0.881. The fourth-order valence-corrected chi connectivity index (χ4v) is 2.29. The standard InChI is InChI=1S/C16H23N3/c1-11-14(12-8-6-5-7-9-12)19-15(18-11)13(17)10-16(2,3)4/h5-9,13H,10,17H2,1-4H3,(H,18,19). The van der Waals surface area contributed by atoms with Crippen LogP contribution in [0, 0.1) is 12.3 Å². The molecule has 19 heavy (non-hydrogen) atoms. The Kier molecular flexibility index (Phi) is 3.76. The zero-order valence-corrected chi connectivity index (χ0v) is 12.2. The van der Waals surface area contributed by atoms with Crippen LogP contribution in [0.15, 0.2) is 30.3 Å². The number of imidazole rings is 1. The van der Waals surface area contributed by atoms with E-state index in [1.54, 1.807) is 0 Å². The van der Waals surface area contributed by atoms with Gasteiger partial charge in [-0.15, -0.1) is 0 Å². The lowest BCUT2D eigenvalue weighted by Crippen LogP contribution is -2.19. The summed E-state index contributed by atoms with van der Waals surface area (Å²) in [6.07, 6.45) is 0.911. The molecule has 2 aromatic rings. The van der Waals surface area contributed by atoms with E-state index in [0.717, 1.165) is 29.2 Å². The highest BCUT2D eigenvalue weighted by Gasteiger charge is 2.20. The van der Waals surface area contributed by atoms with Gasteiger partial charge in [-0.1, -0.05) is 51.1 Å². The van der Waals surface area contributed by atoms with Gasteiger partial charge < -0.3 is 10.7 Å². The highest BCUT2D eigenvalue weighted by atomic mass is 15.0. The molecule has 0 amide bonds. The lowest BCUT2D eigenvalue weighted by Gasteiger charge is -2.21. The maximum absolute atomic E-state index is 6.25. The van der Waals surface area contributed by atoms with Gasteiger partial charge in [-0.3, -0.25) is 0 Å². The third-order valence-corrected chi connectivity index (χ3v) is 3.13. The average Bonchev–Trinajstić information content (AvgIpc) is 2.70. The molecule has 1 unspecified atom stereocenters. The molecule has 0 aliphatic carbocycles. The van der Waals surface area contributed by atoms with Gasteiger partial charge in [-0.05, 0) is 18.8 Å². The molecule has 3 N–H and O–H groups in total. The number of aromatic nitrogens is 2. The van der Waals surface area contributed by atoms with Crippen LogP contribution in [0.25, 0.3) is 11.3 Å². The first-order valence-electron chi connectivity index (χ1n) is 6.74. The van der Waals surface area contributed by atoms with Gasteiger partial charge in [0.2, 0.25) is 0 Å². The van der Waals surface area contributed by atoms with Crippen molar-refractivity contribution in [1.82, 2.24) is 9.97 Å². The van der Waals surface area contributed by atoms with E-state index in [1.165, 1.54) is 0 Å². The number of aryl methyl sites for hydroxylation is 1. The fourth-order valence-electron chi connectivity index (χ4n) is 2.29. The van der Waals surface area contributed by atoms with Crippen LogP contribution >= 0.6 is 0 Å². The van der Waals surface area contributed by atoms with Gasteiger partial charge in [0.15, 0.2) is 0 Å². The first-order chi connectivity index (χ1) is 8.87. The molecule has 0 aliphatic heterocycles. The van der Waals surface area contributed by atoms with Gasteiger partial charge in [0.1, 0.15) is 5.82 Å². The molecule has 1 heterocycles. The molecule has 102 valence electrons. The maximum Gasteiger partial charge on any atom is 0.124 e. The van der Waals surface area contributed by atoms with Crippen molar-refractivity contribution >= 4 is 0 Å². The van der Waals surface area contributed by atoms with Gasteiger partial charge in [0, 0.05) is 11.3 Å². The molecule has 0 saturated heterocycles. The molecular formula is C16H23N3. The Morgan fingerprint density at radius 3 is 2.42 bits per heavy atom. The highest BCUT2D eigenvalue weighted by Crippen LogP contribution is 2.29. The van der Waals surface area contributed by atoms with Crippen LogP contribution in [0.2, 0.25) is 0 Å². The second-order valence-corrected chi connectivity index (χ2v) is 6.33. The van der Waals surface area contributed by atoms with E-state index >= 15 is 0 Å². The van der Waals surface area contributed by atoms with Crippen molar-refractivity contribution in [2.75, 3.05) is 0 Å². The van der Waals surface area contributed by atoms with Crippen LogP contribution in [0.4, 0.5) is 0 Å². The maximum atomic E-state index is 6.25. The van der Waals surface area contributed by atoms with Crippen LogP contribution in [-0.4, -0.2) is 9.97 Å². The van der Waals surface area contributed by atoms with Crippen LogP contribution in [0.3, 0.4) is 0 Å². The van der Waals surface area contributed by atoms with Gasteiger partial charge in [-0.25, -0.2) is 4.98 Å². The Bertz CT molecular complexity index is 535. The summed E-state index contributed by atoms with van der Waals surface area (Å²) in [6.45, 7) is 8.63. The van der Waals surface area contributed by atoms with Crippen molar-refractivity contribution in [3.63, 3.8) is 0 Å². The van der Waals surface area contributed by atoms with Crippen molar-refractivity contribution in [2.24, 2.45) is 11.1 Å². The predicted octanol–water partition coefficient (Wildman–Crippen LogP) is 3.82. The van der Waals surface area contributed by atoms with Crippen LogP contribution in [-0.2, 0) is 0 Å². The molecule has 1 atom stereocenters. The van der Waals surface area contributed by atoms with Gasteiger partial charge >= 0.3 is 0 Å². The number of aromatic amines is 1. The predicted molar refractivity (Wildman–Crippen MR) is 79.8 cm³/mol. The summed E-state index contributed by atoms with van der Waals surface area (Å²) in [5, 5.41) is 0. The summed E-state index contributed by atoms with van der Waals surface area (Å²) < 4.78 is 0. The van der Waals surface area contributed by atoms with E-state index in [4.69, 9.17) is 5.73 Å². The number of benzene rings is 1. The number of nitrogens with one attached hydrogen (secondary N) is 1. The van der Waals surface area contributed by atoms with Crippen LogP contribution in [0.5, 0.6) is 0 Å². The molecule has 3 nitrogen and oxygen atoms in total. The SMILES string of the molecule is Cc1[nH]c(C(N)CC(C)(C)C)nc1-c1ccccc1. The van der Waals surface area contributed by atoms with E-state index in [-0.39, 0.29) is 11.5 Å². The Hall–Kier alpha value is -1.61. The van der Waals surface area contributed by atoms with Gasteiger partial charge in [0.05, 0.1) is 11.7 Å². The number of rotatable bonds is 3. The number of nitrogens with zero attached hydrogens (tertiary/aromatic N) is 1. The molecule has 1 aromatic heterocycles. The Labute approximate surface area is 115 Å². The molecule has 0 spiro atoms. The number of H-pyrrole nitrogens is 1. The topological polar surface area (TPSA) is 54.7 Å². The summed E-state index contributed by atoms with van der Waals surface area (Å²) in [4.78, 5) is 8.01. The van der Waals surface area contributed by atoms with E-state index in [1.807, 2.05) is 25.1 Å². The average molecular weight is 257 g/mol. The number of hydrogen-bond acceptors (Lipinski definition) is 2. The minimum Gasteiger partial charge on any atom is -0.344 e. The van der Waals surface area contributed by atoms with Crippen molar-refractivity contribution in [3.8, 4) is 11.3 Å². The Morgan fingerprint density at radius 2 is 1.84 bits per heavy atom. The Balaban J connectivity index is 2.27. The molecule has 1 aromatic carbocycles. The first-order valence-corrected chi connectivity index (χ1v) is 6.74. The van der Waals surface area contributed by atoms with Crippen molar-refractivity contribution in [2.45, 2.75) is 40.2 Å². The monoisotopic (exact) mass is 257 g/mol. The number of hydrogen-bond donors (Lipinski definition) is 2. The normalized spacial score (nSPS) is 13.5. The van der Waals surface area contributed by atoms with E-state index < -0.39 is 0 Å². The summed E-state index contributed by atoms with van der Waals surface area (Å²) >= 11 is 0. The quantitative estimate of drug-likeness (QED) is 0.878. The lowest BCUT2D eigenvalue weighted by molar-refractivity contribution is 0.337. The minimum absolute atomic E-state index is 0.0452. The third kappa shape index (κ3) is 3.44. The van der Waals surface area contributed by atoms with Crippen LogP contribution in [0.1, 0.15) is 44.8 Å². The van der Waals surface area contributed by atoms with E-state index in [2.05, 4.69) is 42.9 Å². The molecule has 0 saturated carbocycles. The van der Waals surface area contributed by atoms with Gasteiger partial charge in [0.25, 0.3) is 0 Å². The molecule has 0 fully saturated rings. The molecular weight excluding hydrogens is 234 g/mol. The molecule has 0 radical (unpaired) electrons. The summed E-state index contributed by atoms with van der Waals surface area (Å²) in [7, 11) is 0. The lowest BCUT2D eigenvalue weighted by atomic mass is 9.88. The minimum atomic E-state index is -0.0452. The fraction of sp³-hybridized carbons (Fsp3) is 0.438. The second kappa shape index (κ2) is 5.17. The highest BCUT2D eigenvalue weighted by molar-refractivity contribution is 5.61. The molecule has 2 rings (SSSR count). The van der Waals surface area contributed by atoms with Crippen LogP contribution < -0.4 is 5.73 Å². The van der Waals surface area contributed by atoms with Gasteiger partial charge in [-0.2, -0.15) is 0 Å². The van der Waals surface area contributed by atoms with Crippen molar-refractivity contribution in [3.05, 3.63) is 41.9 Å². The first kappa shape index (κ1) is 13.8. The van der Waals surface area contributed by atoms with E-state index in [9.17, 15) is 0 Å². The molecule has 0 bridgehead atoms. The zero-order valence-electron chi connectivity index (χ0n) is 12.2.